The lowest BCUT2D eigenvalue weighted by Gasteiger charge is -2.26. The van der Waals surface area contributed by atoms with E-state index in [4.69, 9.17) is 39.5 Å². The van der Waals surface area contributed by atoms with Gasteiger partial charge in [-0.2, -0.15) is 0 Å². The number of carboxylic acid groups (broad SMARTS) is 5. The molecule has 0 heterocycles. The molecule has 0 saturated heterocycles. The number of hydrogen-bond donors (Lipinski definition) is 22. The van der Waals surface area contributed by atoms with Crippen LogP contribution in [0.2, 0.25) is 0 Å². The van der Waals surface area contributed by atoms with Gasteiger partial charge < -0.3 is 118 Å². The third kappa shape index (κ3) is 32.7. The van der Waals surface area contributed by atoms with Crippen LogP contribution in [-0.2, 0) is 83.1 Å². The number of aliphatic carboxylic acids is 5. The van der Waals surface area contributed by atoms with Crippen LogP contribution >= 0.6 is 0 Å². The number of aliphatic hydroxyl groups excluding tert-OH is 1. The molecule has 40 nitrogen and oxygen atoms in total. The predicted molar refractivity (Wildman–Crippen MR) is 311 cm³/mol. The van der Waals surface area contributed by atoms with E-state index in [1.165, 1.54) is 0 Å². The van der Waals surface area contributed by atoms with E-state index in [2.05, 4.69) is 47.2 Å². The van der Waals surface area contributed by atoms with Gasteiger partial charge in [-0.15, -0.1) is 0 Å². The lowest BCUT2D eigenvalue weighted by molar-refractivity contribution is -0.144. The van der Waals surface area contributed by atoms with Gasteiger partial charge in [0.15, 0.2) is 11.9 Å². The zero-order valence-electron chi connectivity index (χ0n) is 49.0. The molecule has 0 spiro atoms. The first-order valence-electron chi connectivity index (χ1n) is 27.5. The van der Waals surface area contributed by atoms with Crippen molar-refractivity contribution in [3.05, 3.63) is 35.9 Å². The number of aliphatic imine (C=N–C) groups is 2. The molecule has 0 aromatic heterocycles. The Balaban J connectivity index is 3.44. The van der Waals surface area contributed by atoms with Crippen LogP contribution < -0.4 is 87.6 Å². The highest BCUT2D eigenvalue weighted by atomic mass is 16.4. The lowest BCUT2D eigenvalue weighted by Crippen LogP contribution is -2.60. The number of carbonyl (C=O) groups excluding carboxylic acids is 11. The molecule has 1 aromatic carbocycles. The van der Waals surface area contributed by atoms with Crippen molar-refractivity contribution in [2.24, 2.45) is 44.4 Å². The molecule has 91 heavy (non-hydrogen) atoms. The molecule has 0 fully saturated rings. The summed E-state index contributed by atoms with van der Waals surface area (Å²) in [5, 5.41) is 78.9. The molecule has 11 amide bonds. The fourth-order valence-electron chi connectivity index (χ4n) is 7.79. The third-order valence-corrected chi connectivity index (χ3v) is 12.4. The minimum atomic E-state index is -2.19. The first kappa shape index (κ1) is 78.2. The minimum Gasteiger partial charge on any atom is -0.481 e. The number of rotatable bonds is 44. The first-order chi connectivity index (χ1) is 42.6. The summed E-state index contributed by atoms with van der Waals surface area (Å²) >= 11 is 0. The molecular formula is C51H78N18O22. The summed E-state index contributed by atoms with van der Waals surface area (Å²) in [6.07, 6.45) is -6.97. The first-order valence-corrected chi connectivity index (χ1v) is 27.5. The van der Waals surface area contributed by atoms with Crippen LogP contribution in [0.4, 0.5) is 0 Å². The molecular weight excluding hydrogens is 1220 g/mol. The van der Waals surface area contributed by atoms with Crippen molar-refractivity contribution in [3.8, 4) is 0 Å². The van der Waals surface area contributed by atoms with Crippen LogP contribution in [0.1, 0.15) is 83.1 Å². The summed E-state index contributed by atoms with van der Waals surface area (Å²) in [7, 11) is 0. The fraction of sp³-hybridized carbons (Fsp3) is 0.529. The molecule has 10 unspecified atom stereocenters. The zero-order valence-corrected chi connectivity index (χ0v) is 49.0. The average molecular weight is 1300 g/mol. The monoisotopic (exact) mass is 1290 g/mol. The largest absolute Gasteiger partial charge is 0.481 e. The van der Waals surface area contributed by atoms with E-state index in [1.807, 2.05) is 16.0 Å². The number of carbonyl (C=O) groups is 16. The number of nitrogens with zero attached hydrogens (tertiary/aromatic N) is 2. The maximum absolute atomic E-state index is 14.0. The Morgan fingerprint density at radius 1 is 0.440 bits per heavy atom. The highest BCUT2D eigenvalue weighted by Crippen LogP contribution is 2.09. The second kappa shape index (κ2) is 40.6. The molecule has 0 saturated carbocycles. The van der Waals surface area contributed by atoms with E-state index in [0.29, 0.717) is 5.56 Å². The summed E-state index contributed by atoms with van der Waals surface area (Å²) in [5.74, 6) is -21.9. The molecule has 40 heteroatoms. The van der Waals surface area contributed by atoms with E-state index < -0.39 is 213 Å². The summed E-state index contributed by atoms with van der Waals surface area (Å²) in [5.41, 5.74) is 33.0. The molecule has 0 aliphatic carbocycles. The Morgan fingerprint density at radius 3 is 1.29 bits per heavy atom. The van der Waals surface area contributed by atoms with E-state index in [0.717, 1.165) is 6.92 Å². The van der Waals surface area contributed by atoms with Crippen molar-refractivity contribution in [2.45, 2.75) is 144 Å². The molecule has 0 bridgehead atoms. The normalized spacial score (nSPS) is 14.0. The van der Waals surface area contributed by atoms with Crippen LogP contribution in [-0.4, -0.2) is 224 Å². The zero-order chi connectivity index (χ0) is 69.1. The third-order valence-electron chi connectivity index (χ3n) is 12.4. The van der Waals surface area contributed by atoms with Crippen LogP contribution in [0, 0.1) is 0 Å². The second-order valence-corrected chi connectivity index (χ2v) is 19.9. The van der Waals surface area contributed by atoms with Gasteiger partial charge in [-0.1, -0.05) is 30.3 Å². The van der Waals surface area contributed by atoms with Crippen molar-refractivity contribution in [3.63, 3.8) is 0 Å². The Hall–Kier alpha value is -10.8. The summed E-state index contributed by atoms with van der Waals surface area (Å²) in [6.45, 7) is -1.21. The van der Waals surface area contributed by atoms with Crippen LogP contribution in [0.3, 0.4) is 0 Å². The number of benzene rings is 1. The summed E-state index contributed by atoms with van der Waals surface area (Å²) in [6, 6.07) is -9.66. The van der Waals surface area contributed by atoms with Gasteiger partial charge in [0.05, 0.1) is 38.5 Å². The molecule has 0 aliphatic rings. The van der Waals surface area contributed by atoms with Gasteiger partial charge in [-0.05, 0) is 51.0 Å². The number of nitrogens with one attached hydrogen (secondary N) is 10. The topological polar surface area (TPSA) is 696 Å². The molecule has 28 N–H and O–H groups in total. The van der Waals surface area contributed by atoms with Gasteiger partial charge in [0.2, 0.25) is 65.0 Å². The molecule has 1 rings (SSSR count). The molecule has 0 aliphatic heterocycles. The predicted octanol–water partition coefficient (Wildman–Crippen LogP) is -10.2. The number of amides is 11. The van der Waals surface area contributed by atoms with E-state index in [1.54, 1.807) is 30.3 Å². The number of aliphatic hydroxyl groups is 1. The quantitative estimate of drug-likeness (QED) is 0.0164. The van der Waals surface area contributed by atoms with Gasteiger partial charge >= 0.3 is 29.8 Å². The van der Waals surface area contributed by atoms with Crippen LogP contribution in [0.15, 0.2) is 40.3 Å². The number of nitrogens with two attached hydrogens (primary N) is 6. The average Bonchev–Trinajstić information content (AvgIpc) is 3.50. The molecule has 0 radical (unpaired) electrons. The van der Waals surface area contributed by atoms with Gasteiger partial charge in [0, 0.05) is 32.4 Å². The fourth-order valence-corrected chi connectivity index (χ4v) is 7.79. The SMILES string of the molecule is CC(NC(=O)C(CO)NC(=O)C(CCCN=C(N)N)NC(=O)C(CCCN=C(N)N)NC(=O)CNC(=O)C(Cc1ccccc1)NC(=O)C(N)CC(=O)O)C(=O)NC(CCC(=O)O)C(=O)NC(CC(=O)O)C(=O)NC(CCC(=O)O)C(=O)NC(CC(N)=O)C(=O)O. The van der Waals surface area contributed by atoms with Gasteiger partial charge in [0.1, 0.15) is 54.4 Å². The van der Waals surface area contributed by atoms with Gasteiger partial charge in [-0.3, -0.25) is 81.9 Å². The molecule has 1 aromatic rings. The Kier molecular flexibility index (Phi) is 34.9. The smallest absolute Gasteiger partial charge is 0.326 e. The minimum absolute atomic E-state index is 0.0126. The molecule has 10 atom stereocenters. The van der Waals surface area contributed by atoms with Gasteiger partial charge in [-0.25, -0.2) is 4.79 Å². The summed E-state index contributed by atoms with van der Waals surface area (Å²) < 4.78 is 0. The van der Waals surface area contributed by atoms with E-state index >= 15 is 0 Å². The number of primary amides is 1. The number of carboxylic acids is 5. The lowest BCUT2D eigenvalue weighted by atomic mass is 10.0. The highest BCUT2D eigenvalue weighted by Gasteiger charge is 2.36. The Morgan fingerprint density at radius 2 is 0.846 bits per heavy atom. The van der Waals surface area contributed by atoms with Crippen molar-refractivity contribution in [1.29, 1.82) is 0 Å². The van der Waals surface area contributed by atoms with Crippen molar-refractivity contribution < 1.29 is 107 Å². The standard InChI is InChI=1S/C51H78N18O22/c1-23(40(81)63-28(11-13-36(73)74)45(86)67-31(20-39(79)80)47(88)65-29(12-14-37(75)76)46(87)68-32(49(90)91)19-34(53)71)61-48(89)33(22-70)69-44(85)27(10-6-16-59-51(56)57)64-43(84)26(9-5-15-58-50(54)55)62-35(72)21-60-42(83)30(17-24-7-3-2-4-8-24)66-41(82)25(52)18-38(77)78/h2-4,7-8,23,25-33,70H,5-6,9-22,52H2,1H3,(H2,53,71)(H,60,83)(H,61,89)(H,62,72)(H,63,81)(H,64,84)(H,65,88)(H,66,82)(H,67,86)(H,68,87)(H,69,85)(H,73,74)(H,75,76)(H,77,78)(H,79,80)(H,90,91)(H4,54,55,58)(H4,56,57,59). The van der Waals surface area contributed by atoms with Crippen molar-refractivity contribution in [1.82, 2.24) is 53.2 Å². The Bertz CT molecular complexity index is 2840. The van der Waals surface area contributed by atoms with Crippen LogP contribution in [0.5, 0.6) is 0 Å². The highest BCUT2D eigenvalue weighted by molar-refractivity contribution is 6.00. The van der Waals surface area contributed by atoms with E-state index in [9.17, 15) is 102 Å². The van der Waals surface area contributed by atoms with Crippen molar-refractivity contribution >= 4 is 107 Å². The van der Waals surface area contributed by atoms with Crippen LogP contribution in [0.25, 0.3) is 0 Å². The Labute approximate surface area is 517 Å². The second-order valence-electron chi connectivity index (χ2n) is 19.9. The maximum Gasteiger partial charge on any atom is 0.326 e. The van der Waals surface area contributed by atoms with Gasteiger partial charge in [0.25, 0.3) is 0 Å². The van der Waals surface area contributed by atoms with E-state index in [-0.39, 0.29) is 57.1 Å². The number of guanidine groups is 2. The van der Waals surface area contributed by atoms with Crippen molar-refractivity contribution in [2.75, 3.05) is 26.2 Å². The summed E-state index contributed by atoms with van der Waals surface area (Å²) in [4.78, 5) is 212. The molecule has 504 valence electrons. The maximum atomic E-state index is 14.0. The number of hydrogen-bond acceptors (Lipinski definition) is 20.